The van der Waals surface area contributed by atoms with Crippen molar-refractivity contribution in [1.29, 1.82) is 0 Å². The van der Waals surface area contributed by atoms with Crippen molar-refractivity contribution in [3.05, 3.63) is 163 Å². The summed E-state index contributed by atoms with van der Waals surface area (Å²) in [5.74, 6) is 0. The SMILES string of the molecule is Cc1ccc(-c2c3ccccc3c(-c3ccc(C)cc3)c3cc(N(c4ccccc4)c4ccccc4)ccc23)cc1. The highest BCUT2D eigenvalue weighted by Crippen LogP contribution is 2.46. The fraction of sp³-hybridized carbons (Fsp3) is 0.0500. The summed E-state index contributed by atoms with van der Waals surface area (Å²) < 4.78 is 0. The van der Waals surface area contributed by atoms with Crippen molar-refractivity contribution < 1.29 is 0 Å². The van der Waals surface area contributed by atoms with E-state index in [2.05, 4.69) is 170 Å². The molecule has 0 amide bonds. The third kappa shape index (κ3) is 4.56. The second-order valence-electron chi connectivity index (χ2n) is 10.8. The van der Waals surface area contributed by atoms with E-state index in [1.54, 1.807) is 0 Å². The van der Waals surface area contributed by atoms with Gasteiger partial charge in [0, 0.05) is 17.1 Å². The Balaban J connectivity index is 1.59. The van der Waals surface area contributed by atoms with E-state index < -0.39 is 0 Å². The minimum atomic E-state index is 1.13. The monoisotopic (exact) mass is 525 g/mol. The summed E-state index contributed by atoms with van der Waals surface area (Å²) in [6.07, 6.45) is 0. The Bertz CT molecular complexity index is 1930. The van der Waals surface area contributed by atoms with Crippen molar-refractivity contribution in [2.24, 2.45) is 0 Å². The molecule has 0 heterocycles. The van der Waals surface area contributed by atoms with Gasteiger partial charge in [-0.05, 0) is 94.0 Å². The Morgan fingerprint density at radius 1 is 0.341 bits per heavy atom. The molecular formula is C40H31N. The lowest BCUT2D eigenvalue weighted by Crippen LogP contribution is -2.09. The van der Waals surface area contributed by atoms with Gasteiger partial charge in [0.05, 0.1) is 0 Å². The average molecular weight is 526 g/mol. The number of aryl methyl sites for hydroxylation is 2. The molecule has 0 unspecified atom stereocenters. The zero-order valence-electron chi connectivity index (χ0n) is 23.4. The Kier molecular flexibility index (Phi) is 6.34. The van der Waals surface area contributed by atoms with Gasteiger partial charge in [0.25, 0.3) is 0 Å². The van der Waals surface area contributed by atoms with Crippen LogP contribution in [0.1, 0.15) is 11.1 Å². The highest BCUT2D eigenvalue weighted by atomic mass is 15.1. The highest BCUT2D eigenvalue weighted by molar-refractivity contribution is 6.22. The van der Waals surface area contributed by atoms with Crippen LogP contribution in [0.3, 0.4) is 0 Å². The van der Waals surface area contributed by atoms with Crippen molar-refractivity contribution in [2.45, 2.75) is 13.8 Å². The summed E-state index contributed by atoms with van der Waals surface area (Å²) in [6, 6.07) is 55.0. The van der Waals surface area contributed by atoms with E-state index in [1.807, 2.05) is 0 Å². The molecule has 0 N–H and O–H groups in total. The fourth-order valence-electron chi connectivity index (χ4n) is 5.97. The molecule has 0 aliphatic heterocycles. The van der Waals surface area contributed by atoms with Crippen molar-refractivity contribution in [3.8, 4) is 22.3 Å². The van der Waals surface area contributed by atoms with E-state index in [0.717, 1.165) is 17.1 Å². The molecule has 196 valence electrons. The summed E-state index contributed by atoms with van der Waals surface area (Å²) in [5, 5.41) is 5.04. The maximum absolute atomic E-state index is 2.38. The normalized spacial score (nSPS) is 11.2. The van der Waals surface area contributed by atoms with Crippen LogP contribution in [0.4, 0.5) is 17.1 Å². The first-order valence-electron chi connectivity index (χ1n) is 14.2. The molecule has 0 aromatic heterocycles. The lowest BCUT2D eigenvalue weighted by molar-refractivity contribution is 1.29. The molecule has 1 nitrogen and oxygen atoms in total. The molecule has 0 saturated carbocycles. The van der Waals surface area contributed by atoms with Crippen LogP contribution in [0.15, 0.2) is 152 Å². The van der Waals surface area contributed by atoms with Gasteiger partial charge in [-0.15, -0.1) is 0 Å². The predicted molar refractivity (Wildman–Crippen MR) is 176 cm³/mol. The van der Waals surface area contributed by atoms with E-state index in [4.69, 9.17) is 0 Å². The van der Waals surface area contributed by atoms with Gasteiger partial charge in [0.1, 0.15) is 0 Å². The molecule has 7 aromatic rings. The van der Waals surface area contributed by atoms with E-state index in [0.29, 0.717) is 0 Å². The van der Waals surface area contributed by atoms with Crippen LogP contribution in [0.2, 0.25) is 0 Å². The molecule has 0 aliphatic rings. The Morgan fingerprint density at radius 2 is 0.756 bits per heavy atom. The van der Waals surface area contributed by atoms with Crippen LogP contribution < -0.4 is 4.90 Å². The maximum atomic E-state index is 2.38. The Morgan fingerprint density at radius 3 is 1.24 bits per heavy atom. The molecule has 0 saturated heterocycles. The van der Waals surface area contributed by atoms with E-state index in [1.165, 1.54) is 54.9 Å². The summed E-state index contributed by atoms with van der Waals surface area (Å²) in [5.41, 5.74) is 11.0. The number of nitrogens with zero attached hydrogens (tertiary/aromatic N) is 1. The van der Waals surface area contributed by atoms with Crippen LogP contribution in [0.25, 0.3) is 43.8 Å². The number of benzene rings is 7. The van der Waals surface area contributed by atoms with E-state index in [-0.39, 0.29) is 0 Å². The average Bonchev–Trinajstić information content (AvgIpc) is 3.02. The van der Waals surface area contributed by atoms with Crippen LogP contribution >= 0.6 is 0 Å². The second kappa shape index (κ2) is 10.4. The lowest BCUT2D eigenvalue weighted by atomic mass is 9.85. The molecule has 0 spiro atoms. The quantitative estimate of drug-likeness (QED) is 0.202. The van der Waals surface area contributed by atoms with Crippen LogP contribution in [0.5, 0.6) is 0 Å². The smallest absolute Gasteiger partial charge is 0.0468 e. The molecule has 7 rings (SSSR count). The van der Waals surface area contributed by atoms with Gasteiger partial charge in [-0.25, -0.2) is 0 Å². The van der Waals surface area contributed by atoms with Crippen molar-refractivity contribution in [3.63, 3.8) is 0 Å². The van der Waals surface area contributed by atoms with Gasteiger partial charge < -0.3 is 4.90 Å². The summed E-state index contributed by atoms with van der Waals surface area (Å²) >= 11 is 0. The summed E-state index contributed by atoms with van der Waals surface area (Å²) in [4.78, 5) is 2.35. The minimum Gasteiger partial charge on any atom is -0.310 e. The van der Waals surface area contributed by atoms with Crippen LogP contribution in [0, 0.1) is 13.8 Å². The van der Waals surface area contributed by atoms with Gasteiger partial charge in [0.2, 0.25) is 0 Å². The van der Waals surface area contributed by atoms with E-state index >= 15 is 0 Å². The van der Waals surface area contributed by atoms with E-state index in [9.17, 15) is 0 Å². The number of hydrogen-bond donors (Lipinski definition) is 0. The number of para-hydroxylation sites is 2. The fourth-order valence-corrected chi connectivity index (χ4v) is 5.97. The summed E-state index contributed by atoms with van der Waals surface area (Å²) in [6.45, 7) is 4.30. The van der Waals surface area contributed by atoms with Gasteiger partial charge in [-0.3, -0.25) is 0 Å². The number of hydrogen-bond acceptors (Lipinski definition) is 1. The van der Waals surface area contributed by atoms with Gasteiger partial charge in [-0.1, -0.05) is 126 Å². The van der Waals surface area contributed by atoms with Gasteiger partial charge in [0.15, 0.2) is 0 Å². The molecule has 0 fully saturated rings. The Hall–Kier alpha value is -5.14. The predicted octanol–water partition coefficient (Wildman–Crippen LogP) is 11.4. The Labute approximate surface area is 242 Å². The van der Waals surface area contributed by atoms with Gasteiger partial charge >= 0.3 is 0 Å². The molecule has 0 aliphatic carbocycles. The van der Waals surface area contributed by atoms with Crippen LogP contribution in [-0.2, 0) is 0 Å². The van der Waals surface area contributed by atoms with Crippen molar-refractivity contribution >= 4 is 38.6 Å². The zero-order valence-corrected chi connectivity index (χ0v) is 23.4. The molecule has 1 heteroatoms. The third-order valence-corrected chi connectivity index (χ3v) is 7.98. The first kappa shape index (κ1) is 24.9. The number of fused-ring (bicyclic) bond motifs is 2. The third-order valence-electron chi connectivity index (χ3n) is 7.98. The maximum Gasteiger partial charge on any atom is 0.0468 e. The lowest BCUT2D eigenvalue weighted by Gasteiger charge is -2.27. The second-order valence-corrected chi connectivity index (χ2v) is 10.8. The molecule has 41 heavy (non-hydrogen) atoms. The largest absolute Gasteiger partial charge is 0.310 e. The number of rotatable bonds is 5. The molecule has 0 bridgehead atoms. The highest BCUT2D eigenvalue weighted by Gasteiger charge is 2.19. The first-order valence-corrected chi connectivity index (χ1v) is 14.2. The van der Waals surface area contributed by atoms with Crippen molar-refractivity contribution in [1.82, 2.24) is 0 Å². The number of anilines is 3. The molecule has 7 aromatic carbocycles. The molecular weight excluding hydrogens is 494 g/mol. The van der Waals surface area contributed by atoms with Crippen molar-refractivity contribution in [2.75, 3.05) is 4.90 Å². The minimum absolute atomic E-state index is 1.13. The first-order chi connectivity index (χ1) is 20.2. The van der Waals surface area contributed by atoms with Crippen LogP contribution in [-0.4, -0.2) is 0 Å². The summed E-state index contributed by atoms with van der Waals surface area (Å²) in [7, 11) is 0. The molecule has 0 radical (unpaired) electrons. The standard InChI is InChI=1S/C40H31N/c1-28-17-21-30(22-18-28)39-35-15-9-10-16-36(35)40(31-23-19-29(2)20-24-31)38-27-34(25-26-37(38)39)41(32-11-5-3-6-12-32)33-13-7-4-8-14-33/h3-27H,1-2H3. The zero-order chi connectivity index (χ0) is 27.8. The van der Waals surface area contributed by atoms with Gasteiger partial charge in [-0.2, -0.15) is 0 Å². The topological polar surface area (TPSA) is 3.24 Å². The molecule has 0 atom stereocenters.